The van der Waals surface area contributed by atoms with Crippen molar-refractivity contribution < 1.29 is 14.2 Å². The minimum absolute atomic E-state index is 0.248. The van der Waals surface area contributed by atoms with Crippen molar-refractivity contribution in [3.8, 4) is 11.5 Å². The van der Waals surface area contributed by atoms with Crippen LogP contribution >= 0.6 is 12.2 Å². The smallest absolute Gasteiger partial charge is 0.169 e. The van der Waals surface area contributed by atoms with Gasteiger partial charge in [0.1, 0.15) is 11.5 Å². The Bertz CT molecular complexity index is 761. The molecule has 0 spiro atoms. The van der Waals surface area contributed by atoms with Gasteiger partial charge in [0.2, 0.25) is 0 Å². The Kier molecular flexibility index (Phi) is 7.51. The molecule has 2 aromatic rings. The van der Waals surface area contributed by atoms with Crippen LogP contribution in [0.5, 0.6) is 11.5 Å². The predicted molar refractivity (Wildman–Crippen MR) is 115 cm³/mol. The molecule has 0 amide bonds. The summed E-state index contributed by atoms with van der Waals surface area (Å²) in [4.78, 5) is 2.17. The Labute approximate surface area is 172 Å². The molecule has 1 unspecified atom stereocenters. The molecule has 0 radical (unpaired) electrons. The molecule has 2 aromatic carbocycles. The molecular weight excluding hydrogens is 372 g/mol. The summed E-state index contributed by atoms with van der Waals surface area (Å²) in [7, 11) is 3.36. The van der Waals surface area contributed by atoms with Crippen molar-refractivity contribution in [2.24, 2.45) is 0 Å². The number of rotatable bonds is 8. The third-order valence-electron chi connectivity index (χ3n) is 4.83. The van der Waals surface area contributed by atoms with Crippen LogP contribution in [0, 0.1) is 0 Å². The molecule has 1 aliphatic rings. The van der Waals surface area contributed by atoms with Crippen molar-refractivity contribution >= 4 is 17.3 Å². The number of nitrogens with zero attached hydrogens (tertiary/aromatic N) is 1. The van der Waals surface area contributed by atoms with Crippen molar-refractivity contribution in [2.75, 3.05) is 27.4 Å². The van der Waals surface area contributed by atoms with Crippen LogP contribution in [-0.4, -0.2) is 43.5 Å². The van der Waals surface area contributed by atoms with E-state index in [1.807, 2.05) is 30.3 Å². The quantitative estimate of drug-likeness (QED) is 0.681. The molecule has 1 fully saturated rings. The third kappa shape index (κ3) is 5.84. The second-order valence-electron chi connectivity index (χ2n) is 6.88. The first-order chi connectivity index (χ1) is 13.7. The highest BCUT2D eigenvalue weighted by Crippen LogP contribution is 2.18. The molecule has 150 valence electrons. The second kappa shape index (κ2) is 10.3. The number of benzene rings is 2. The van der Waals surface area contributed by atoms with Crippen molar-refractivity contribution in [3.05, 3.63) is 59.7 Å². The number of hydrogen-bond acceptors (Lipinski definition) is 4. The van der Waals surface area contributed by atoms with E-state index < -0.39 is 0 Å². The van der Waals surface area contributed by atoms with E-state index in [0.717, 1.165) is 48.2 Å². The number of nitrogens with one attached hydrogen (secondary N) is 1. The first-order valence-electron chi connectivity index (χ1n) is 9.58. The maximum atomic E-state index is 5.72. The van der Waals surface area contributed by atoms with Gasteiger partial charge < -0.3 is 24.4 Å². The largest absolute Gasteiger partial charge is 0.497 e. The Hall–Kier alpha value is -2.31. The van der Waals surface area contributed by atoms with Gasteiger partial charge in [-0.25, -0.2) is 0 Å². The van der Waals surface area contributed by atoms with E-state index in [1.54, 1.807) is 14.2 Å². The average molecular weight is 401 g/mol. The third-order valence-corrected chi connectivity index (χ3v) is 5.23. The van der Waals surface area contributed by atoms with E-state index in [-0.39, 0.29) is 6.10 Å². The van der Waals surface area contributed by atoms with E-state index in [0.29, 0.717) is 13.1 Å². The van der Waals surface area contributed by atoms with Gasteiger partial charge in [-0.1, -0.05) is 24.3 Å². The van der Waals surface area contributed by atoms with Crippen molar-refractivity contribution in [3.63, 3.8) is 0 Å². The SMILES string of the molecule is COc1ccc(CN(Cc2cccc(OC)c2)C(=S)NCC2CCCO2)cc1. The first kappa shape index (κ1) is 20.4. The monoisotopic (exact) mass is 400 g/mol. The summed E-state index contributed by atoms with van der Waals surface area (Å²) in [5, 5.41) is 4.12. The van der Waals surface area contributed by atoms with E-state index in [2.05, 4.69) is 28.4 Å². The average Bonchev–Trinajstić information content (AvgIpc) is 3.26. The number of thiocarbonyl (C=S) groups is 1. The van der Waals surface area contributed by atoms with E-state index in [1.165, 1.54) is 5.56 Å². The molecule has 1 N–H and O–H groups in total. The van der Waals surface area contributed by atoms with E-state index >= 15 is 0 Å². The lowest BCUT2D eigenvalue weighted by Crippen LogP contribution is -2.41. The van der Waals surface area contributed by atoms with Crippen LogP contribution in [0.15, 0.2) is 48.5 Å². The molecule has 6 heteroatoms. The minimum atomic E-state index is 0.248. The molecule has 1 saturated heterocycles. The Morgan fingerprint density at radius 1 is 1.07 bits per heavy atom. The Morgan fingerprint density at radius 2 is 1.82 bits per heavy atom. The maximum absolute atomic E-state index is 5.72. The van der Waals surface area contributed by atoms with E-state index in [9.17, 15) is 0 Å². The molecule has 0 aromatic heterocycles. The lowest BCUT2D eigenvalue weighted by molar-refractivity contribution is 0.113. The van der Waals surface area contributed by atoms with Crippen molar-refractivity contribution in [1.82, 2.24) is 10.2 Å². The van der Waals surface area contributed by atoms with Crippen LogP contribution in [0.3, 0.4) is 0 Å². The molecule has 0 aliphatic carbocycles. The molecule has 1 heterocycles. The summed E-state index contributed by atoms with van der Waals surface area (Å²) in [5.74, 6) is 1.70. The van der Waals surface area contributed by atoms with Gasteiger partial charge in [0.05, 0.1) is 20.3 Å². The summed E-state index contributed by atoms with van der Waals surface area (Å²) in [6, 6.07) is 16.2. The molecule has 5 nitrogen and oxygen atoms in total. The second-order valence-corrected chi connectivity index (χ2v) is 7.26. The van der Waals surface area contributed by atoms with Crippen LogP contribution in [0.2, 0.25) is 0 Å². The zero-order chi connectivity index (χ0) is 19.8. The van der Waals surface area contributed by atoms with Crippen LogP contribution < -0.4 is 14.8 Å². The summed E-state index contributed by atoms with van der Waals surface area (Å²) in [5.41, 5.74) is 2.32. The molecule has 1 atom stereocenters. The van der Waals surface area contributed by atoms with Crippen LogP contribution in [0.25, 0.3) is 0 Å². The van der Waals surface area contributed by atoms with E-state index in [4.69, 9.17) is 26.4 Å². The molecule has 28 heavy (non-hydrogen) atoms. The molecule has 0 saturated carbocycles. The van der Waals surface area contributed by atoms with Gasteiger partial charge >= 0.3 is 0 Å². The fraction of sp³-hybridized carbons (Fsp3) is 0.409. The normalized spacial score (nSPS) is 15.9. The van der Waals surface area contributed by atoms with Gasteiger partial charge in [0.15, 0.2) is 5.11 Å². The fourth-order valence-electron chi connectivity index (χ4n) is 3.26. The van der Waals surface area contributed by atoms with Gasteiger partial charge in [-0.3, -0.25) is 0 Å². The van der Waals surface area contributed by atoms with Gasteiger partial charge in [0.25, 0.3) is 0 Å². The zero-order valence-electron chi connectivity index (χ0n) is 16.5. The highest BCUT2D eigenvalue weighted by atomic mass is 32.1. The topological polar surface area (TPSA) is 43.0 Å². The van der Waals surface area contributed by atoms with Gasteiger partial charge in [-0.15, -0.1) is 0 Å². The van der Waals surface area contributed by atoms with Crippen LogP contribution in [0.1, 0.15) is 24.0 Å². The lowest BCUT2D eigenvalue weighted by Gasteiger charge is -2.27. The minimum Gasteiger partial charge on any atom is -0.497 e. The van der Waals surface area contributed by atoms with Crippen LogP contribution in [-0.2, 0) is 17.8 Å². The standard InChI is InChI=1S/C22H28N2O3S/c1-25-19-10-8-17(9-11-19)15-24(16-18-5-3-6-20(13-18)26-2)22(28)23-14-21-7-4-12-27-21/h3,5-6,8-11,13,21H,4,7,12,14-16H2,1-2H3,(H,23,28). The summed E-state index contributed by atoms with van der Waals surface area (Å²) < 4.78 is 16.3. The lowest BCUT2D eigenvalue weighted by atomic mass is 10.1. The van der Waals surface area contributed by atoms with Crippen molar-refractivity contribution in [2.45, 2.75) is 32.0 Å². The predicted octanol–water partition coefficient (Wildman–Crippen LogP) is 3.76. The highest BCUT2D eigenvalue weighted by Gasteiger charge is 2.18. The van der Waals surface area contributed by atoms with Crippen molar-refractivity contribution in [1.29, 1.82) is 0 Å². The Balaban J connectivity index is 1.70. The number of hydrogen-bond donors (Lipinski definition) is 1. The summed E-state index contributed by atoms with van der Waals surface area (Å²) >= 11 is 5.72. The number of methoxy groups -OCH3 is 2. The summed E-state index contributed by atoms with van der Waals surface area (Å²) in [6.45, 7) is 2.99. The first-order valence-corrected chi connectivity index (χ1v) is 9.99. The fourth-order valence-corrected chi connectivity index (χ4v) is 3.47. The van der Waals surface area contributed by atoms with Crippen LogP contribution in [0.4, 0.5) is 0 Å². The molecule has 0 bridgehead atoms. The van der Waals surface area contributed by atoms with Gasteiger partial charge in [-0.2, -0.15) is 0 Å². The maximum Gasteiger partial charge on any atom is 0.169 e. The number of ether oxygens (including phenoxy) is 3. The van der Waals surface area contributed by atoms with Gasteiger partial charge in [0, 0.05) is 26.2 Å². The zero-order valence-corrected chi connectivity index (χ0v) is 17.3. The summed E-state index contributed by atoms with van der Waals surface area (Å²) in [6.07, 6.45) is 2.46. The highest BCUT2D eigenvalue weighted by molar-refractivity contribution is 7.80. The molecular formula is C22H28N2O3S. The molecule has 3 rings (SSSR count). The van der Waals surface area contributed by atoms with Gasteiger partial charge in [-0.05, 0) is 60.5 Å². The Morgan fingerprint density at radius 3 is 2.50 bits per heavy atom. The molecule has 1 aliphatic heterocycles.